The molecule has 1 aromatic carbocycles. The number of nitrogens with two attached hydrogens (primary N) is 1. The van der Waals surface area contributed by atoms with Crippen molar-refractivity contribution in [3.8, 4) is 5.75 Å². The van der Waals surface area contributed by atoms with E-state index < -0.39 is 0 Å². The van der Waals surface area contributed by atoms with Crippen molar-refractivity contribution in [1.82, 2.24) is 10.2 Å². The van der Waals surface area contributed by atoms with E-state index in [9.17, 15) is 4.79 Å². The highest BCUT2D eigenvalue weighted by Crippen LogP contribution is 2.13. The predicted octanol–water partition coefficient (Wildman–Crippen LogP) is 0.860. The molecule has 104 valence electrons. The second-order valence-corrected chi connectivity index (χ2v) is 4.75. The standard InChI is InChI=1S/C14H21N3O2/c15-12-3-5-13(6-4-12)19-10-2-9-17-8-1-7-16-14(18)11-17/h3-6H,1-2,7-11,15H2,(H,16,18). The topological polar surface area (TPSA) is 67.6 Å². The molecule has 0 aromatic heterocycles. The number of hydrogen-bond acceptors (Lipinski definition) is 4. The number of hydrogen-bond donors (Lipinski definition) is 2. The lowest BCUT2D eigenvalue weighted by atomic mass is 10.3. The van der Waals surface area contributed by atoms with Gasteiger partial charge in [-0.15, -0.1) is 0 Å². The molecule has 0 bridgehead atoms. The van der Waals surface area contributed by atoms with Crippen LogP contribution in [0.25, 0.3) is 0 Å². The maximum atomic E-state index is 11.4. The molecule has 5 nitrogen and oxygen atoms in total. The van der Waals surface area contributed by atoms with E-state index in [1.165, 1.54) is 0 Å². The van der Waals surface area contributed by atoms with E-state index in [1.54, 1.807) is 0 Å². The number of rotatable bonds is 5. The average Bonchev–Trinajstić information content (AvgIpc) is 2.61. The molecule has 1 heterocycles. The molecule has 1 fully saturated rings. The molecule has 19 heavy (non-hydrogen) atoms. The smallest absolute Gasteiger partial charge is 0.234 e. The van der Waals surface area contributed by atoms with Crippen LogP contribution in [0.1, 0.15) is 12.8 Å². The van der Waals surface area contributed by atoms with E-state index in [-0.39, 0.29) is 5.91 Å². The molecule has 1 aliphatic rings. The summed E-state index contributed by atoms with van der Waals surface area (Å²) >= 11 is 0. The molecule has 1 amide bonds. The highest BCUT2D eigenvalue weighted by Gasteiger charge is 2.13. The molecular formula is C14H21N3O2. The SMILES string of the molecule is Nc1ccc(OCCCN2CCCNC(=O)C2)cc1. The minimum absolute atomic E-state index is 0.122. The van der Waals surface area contributed by atoms with Crippen molar-refractivity contribution < 1.29 is 9.53 Å². The third-order valence-electron chi connectivity index (χ3n) is 3.11. The molecule has 1 saturated heterocycles. The van der Waals surface area contributed by atoms with Crippen molar-refractivity contribution in [2.45, 2.75) is 12.8 Å². The van der Waals surface area contributed by atoms with Crippen LogP contribution in [0.4, 0.5) is 5.69 Å². The average molecular weight is 263 g/mol. The molecule has 0 atom stereocenters. The molecular weight excluding hydrogens is 242 g/mol. The zero-order chi connectivity index (χ0) is 13.5. The third kappa shape index (κ3) is 4.79. The predicted molar refractivity (Wildman–Crippen MR) is 75.0 cm³/mol. The van der Waals surface area contributed by atoms with Gasteiger partial charge in [-0.3, -0.25) is 9.69 Å². The van der Waals surface area contributed by atoms with Gasteiger partial charge in [0, 0.05) is 25.3 Å². The Bertz CT molecular complexity index is 406. The lowest BCUT2D eigenvalue weighted by Gasteiger charge is -2.18. The fraction of sp³-hybridized carbons (Fsp3) is 0.500. The van der Waals surface area contributed by atoms with Crippen LogP contribution < -0.4 is 15.8 Å². The fourth-order valence-electron chi connectivity index (χ4n) is 2.10. The van der Waals surface area contributed by atoms with E-state index in [0.717, 1.165) is 43.9 Å². The second-order valence-electron chi connectivity index (χ2n) is 4.75. The summed E-state index contributed by atoms with van der Waals surface area (Å²) < 4.78 is 5.63. The van der Waals surface area contributed by atoms with Crippen molar-refractivity contribution in [3.05, 3.63) is 24.3 Å². The summed E-state index contributed by atoms with van der Waals surface area (Å²) in [6.07, 6.45) is 1.93. The fourth-order valence-corrected chi connectivity index (χ4v) is 2.10. The highest BCUT2D eigenvalue weighted by atomic mass is 16.5. The van der Waals surface area contributed by atoms with Gasteiger partial charge in [0.1, 0.15) is 5.75 Å². The van der Waals surface area contributed by atoms with Crippen LogP contribution in [0.15, 0.2) is 24.3 Å². The number of benzene rings is 1. The van der Waals surface area contributed by atoms with Crippen molar-refractivity contribution >= 4 is 11.6 Å². The van der Waals surface area contributed by atoms with Crippen LogP contribution >= 0.6 is 0 Å². The largest absolute Gasteiger partial charge is 0.494 e. The van der Waals surface area contributed by atoms with E-state index >= 15 is 0 Å². The number of carbonyl (C=O) groups excluding carboxylic acids is 1. The molecule has 0 aliphatic carbocycles. The number of anilines is 1. The van der Waals surface area contributed by atoms with Crippen LogP contribution in [0, 0.1) is 0 Å². The normalized spacial score (nSPS) is 16.7. The van der Waals surface area contributed by atoms with Gasteiger partial charge in [-0.1, -0.05) is 0 Å². The van der Waals surface area contributed by atoms with E-state index in [0.29, 0.717) is 13.2 Å². The Labute approximate surface area is 113 Å². The van der Waals surface area contributed by atoms with Crippen molar-refractivity contribution in [2.24, 2.45) is 0 Å². The lowest BCUT2D eigenvalue weighted by Crippen LogP contribution is -2.34. The number of ether oxygens (including phenoxy) is 1. The molecule has 2 rings (SSSR count). The number of nitrogens with zero attached hydrogens (tertiary/aromatic N) is 1. The Kier molecular flexibility index (Phi) is 5.03. The lowest BCUT2D eigenvalue weighted by molar-refractivity contribution is -0.121. The van der Waals surface area contributed by atoms with Crippen molar-refractivity contribution in [3.63, 3.8) is 0 Å². The number of nitrogens with one attached hydrogen (secondary N) is 1. The molecule has 0 spiro atoms. The Morgan fingerprint density at radius 2 is 2.11 bits per heavy atom. The summed E-state index contributed by atoms with van der Waals surface area (Å²) in [4.78, 5) is 13.6. The number of amides is 1. The second kappa shape index (κ2) is 6.99. The summed E-state index contributed by atoms with van der Waals surface area (Å²) in [5.41, 5.74) is 6.35. The summed E-state index contributed by atoms with van der Waals surface area (Å²) in [5, 5.41) is 2.87. The zero-order valence-corrected chi connectivity index (χ0v) is 11.1. The monoisotopic (exact) mass is 263 g/mol. The summed E-state index contributed by atoms with van der Waals surface area (Å²) in [7, 11) is 0. The van der Waals surface area contributed by atoms with Gasteiger partial charge in [-0.2, -0.15) is 0 Å². The van der Waals surface area contributed by atoms with Crippen LogP contribution in [-0.4, -0.2) is 43.6 Å². The number of carbonyl (C=O) groups is 1. The molecule has 0 radical (unpaired) electrons. The zero-order valence-electron chi connectivity index (χ0n) is 11.1. The first kappa shape index (κ1) is 13.7. The van der Waals surface area contributed by atoms with Gasteiger partial charge >= 0.3 is 0 Å². The van der Waals surface area contributed by atoms with E-state index in [1.807, 2.05) is 24.3 Å². The summed E-state index contributed by atoms with van der Waals surface area (Å²) in [6.45, 7) is 3.81. The van der Waals surface area contributed by atoms with Gasteiger partial charge in [-0.25, -0.2) is 0 Å². The van der Waals surface area contributed by atoms with Crippen molar-refractivity contribution in [2.75, 3.05) is 38.5 Å². The quantitative estimate of drug-likeness (QED) is 0.611. The third-order valence-corrected chi connectivity index (χ3v) is 3.11. The Morgan fingerprint density at radius 1 is 1.32 bits per heavy atom. The first-order valence-corrected chi connectivity index (χ1v) is 6.71. The maximum absolute atomic E-state index is 11.4. The number of nitrogen functional groups attached to an aromatic ring is 1. The highest BCUT2D eigenvalue weighted by molar-refractivity contribution is 5.78. The summed E-state index contributed by atoms with van der Waals surface area (Å²) in [5.74, 6) is 0.958. The molecule has 0 unspecified atom stereocenters. The minimum atomic E-state index is 0.122. The van der Waals surface area contributed by atoms with Crippen LogP contribution in [0.5, 0.6) is 5.75 Å². The van der Waals surface area contributed by atoms with Gasteiger partial charge in [0.25, 0.3) is 0 Å². The Morgan fingerprint density at radius 3 is 2.89 bits per heavy atom. The molecule has 1 aromatic rings. The van der Waals surface area contributed by atoms with Crippen LogP contribution in [-0.2, 0) is 4.79 Å². The molecule has 3 N–H and O–H groups in total. The van der Waals surface area contributed by atoms with Gasteiger partial charge in [0.05, 0.1) is 13.2 Å². The van der Waals surface area contributed by atoms with Gasteiger partial charge in [0.15, 0.2) is 0 Å². The minimum Gasteiger partial charge on any atom is -0.494 e. The maximum Gasteiger partial charge on any atom is 0.234 e. The van der Waals surface area contributed by atoms with Gasteiger partial charge in [0.2, 0.25) is 5.91 Å². The van der Waals surface area contributed by atoms with Crippen LogP contribution in [0.2, 0.25) is 0 Å². The van der Waals surface area contributed by atoms with Crippen molar-refractivity contribution in [1.29, 1.82) is 0 Å². The van der Waals surface area contributed by atoms with E-state index in [4.69, 9.17) is 10.5 Å². The van der Waals surface area contributed by atoms with Gasteiger partial charge in [-0.05, 0) is 37.1 Å². The first-order valence-electron chi connectivity index (χ1n) is 6.71. The first-order chi connectivity index (χ1) is 9.24. The van der Waals surface area contributed by atoms with Gasteiger partial charge < -0.3 is 15.8 Å². The van der Waals surface area contributed by atoms with Crippen LogP contribution in [0.3, 0.4) is 0 Å². The Hall–Kier alpha value is -1.75. The summed E-state index contributed by atoms with van der Waals surface area (Å²) in [6, 6.07) is 7.40. The molecule has 1 aliphatic heterocycles. The Balaban J connectivity index is 1.65. The molecule has 0 saturated carbocycles. The molecule has 5 heteroatoms. The van der Waals surface area contributed by atoms with E-state index in [2.05, 4.69) is 10.2 Å².